The van der Waals surface area contributed by atoms with Crippen LogP contribution in [0.15, 0.2) is 12.4 Å². The van der Waals surface area contributed by atoms with E-state index >= 15 is 0 Å². The predicted octanol–water partition coefficient (Wildman–Crippen LogP) is 3.77. The predicted molar refractivity (Wildman–Crippen MR) is 75.3 cm³/mol. The van der Waals surface area contributed by atoms with Gasteiger partial charge in [-0.25, -0.2) is 0 Å². The zero-order valence-corrected chi connectivity index (χ0v) is 12.3. The highest BCUT2D eigenvalue weighted by atomic mass is 127. The molecule has 0 N–H and O–H groups in total. The minimum absolute atomic E-state index is 0.138. The van der Waals surface area contributed by atoms with Crippen molar-refractivity contribution in [2.45, 2.75) is 45.1 Å². The lowest BCUT2D eigenvalue weighted by Crippen LogP contribution is -2.27. The van der Waals surface area contributed by atoms with Gasteiger partial charge in [0, 0.05) is 6.20 Å². The van der Waals surface area contributed by atoms with Crippen molar-refractivity contribution < 1.29 is 0 Å². The smallest absolute Gasteiger partial charge is 0.0688 e. The summed E-state index contributed by atoms with van der Waals surface area (Å²) in [4.78, 5) is 0. The molecule has 92 valence electrons. The van der Waals surface area contributed by atoms with Crippen molar-refractivity contribution >= 4 is 22.6 Å². The van der Waals surface area contributed by atoms with E-state index in [2.05, 4.69) is 46.9 Å². The monoisotopic (exact) mass is 343 g/mol. The second-order valence-electron chi connectivity index (χ2n) is 4.91. The largest absolute Gasteiger partial charge is 0.267 e. The van der Waals surface area contributed by atoms with E-state index in [4.69, 9.17) is 0 Å². The maximum Gasteiger partial charge on any atom is 0.0688 e. The molecule has 17 heavy (non-hydrogen) atoms. The van der Waals surface area contributed by atoms with Crippen LogP contribution in [0, 0.1) is 26.7 Å². The zero-order chi connectivity index (χ0) is 12.3. The average Bonchev–Trinajstić information content (AvgIpc) is 2.76. The van der Waals surface area contributed by atoms with Gasteiger partial charge in [0.2, 0.25) is 0 Å². The van der Waals surface area contributed by atoms with Gasteiger partial charge in [-0.1, -0.05) is 19.8 Å². The third kappa shape index (κ3) is 3.01. The molecule has 3 nitrogen and oxygen atoms in total. The first kappa shape index (κ1) is 12.9. The number of hydrogen-bond donors (Lipinski definition) is 0. The van der Waals surface area contributed by atoms with Crippen molar-refractivity contribution in [3.63, 3.8) is 0 Å². The maximum absolute atomic E-state index is 9.25. The maximum atomic E-state index is 9.25. The Kier molecular flexibility index (Phi) is 4.43. The summed E-state index contributed by atoms with van der Waals surface area (Å²) in [6.45, 7) is 2.24. The normalized spacial score (nSPS) is 28.9. The quantitative estimate of drug-likeness (QED) is 0.784. The third-order valence-corrected chi connectivity index (χ3v) is 4.25. The Morgan fingerprint density at radius 2 is 2.41 bits per heavy atom. The Bertz CT molecular complexity index is 407. The van der Waals surface area contributed by atoms with Crippen LogP contribution in [-0.4, -0.2) is 9.78 Å². The summed E-state index contributed by atoms with van der Waals surface area (Å²) in [5.74, 6) is 0.912. The first-order valence-electron chi connectivity index (χ1n) is 6.33. The number of nitrogens with zero attached hydrogens (tertiary/aromatic N) is 3. The second-order valence-corrected chi connectivity index (χ2v) is 6.15. The van der Waals surface area contributed by atoms with Crippen LogP contribution in [0.3, 0.4) is 0 Å². The van der Waals surface area contributed by atoms with Crippen molar-refractivity contribution in [1.29, 1.82) is 5.26 Å². The molecule has 1 aromatic rings. The molecule has 0 aliphatic heterocycles. The molecule has 1 aliphatic carbocycles. The lowest BCUT2D eigenvalue weighted by molar-refractivity contribution is 0.199. The molecule has 1 aliphatic rings. The first-order valence-corrected chi connectivity index (χ1v) is 7.41. The van der Waals surface area contributed by atoms with E-state index < -0.39 is 0 Å². The summed E-state index contributed by atoms with van der Waals surface area (Å²) in [7, 11) is 0. The van der Waals surface area contributed by atoms with E-state index in [0.717, 1.165) is 22.3 Å². The van der Waals surface area contributed by atoms with E-state index in [1.165, 1.54) is 19.3 Å². The van der Waals surface area contributed by atoms with Gasteiger partial charge in [-0.3, -0.25) is 4.68 Å². The van der Waals surface area contributed by atoms with Gasteiger partial charge in [-0.15, -0.1) is 0 Å². The second kappa shape index (κ2) is 5.85. The number of nitriles is 1. The van der Waals surface area contributed by atoms with Crippen molar-refractivity contribution in [2.75, 3.05) is 0 Å². The zero-order valence-electron chi connectivity index (χ0n) is 10.1. The molecule has 3 atom stereocenters. The summed E-state index contributed by atoms with van der Waals surface area (Å²) in [6, 6.07) is 2.75. The fourth-order valence-electron chi connectivity index (χ4n) is 2.84. The van der Waals surface area contributed by atoms with Crippen molar-refractivity contribution in [2.24, 2.45) is 11.8 Å². The molecule has 1 aromatic heterocycles. The van der Waals surface area contributed by atoms with E-state index in [1.807, 2.05) is 10.9 Å². The fourth-order valence-corrected chi connectivity index (χ4v) is 3.25. The van der Waals surface area contributed by atoms with Crippen molar-refractivity contribution in [3.8, 4) is 6.07 Å². The third-order valence-electron chi connectivity index (χ3n) is 3.70. The van der Waals surface area contributed by atoms with Gasteiger partial charge < -0.3 is 0 Å². The molecule has 0 bridgehead atoms. The van der Waals surface area contributed by atoms with Gasteiger partial charge in [0.1, 0.15) is 0 Å². The average molecular weight is 343 g/mol. The summed E-state index contributed by atoms with van der Waals surface area (Å²) in [5, 5.41) is 13.6. The van der Waals surface area contributed by atoms with E-state index in [0.29, 0.717) is 0 Å². The van der Waals surface area contributed by atoms with Crippen LogP contribution in [0.5, 0.6) is 0 Å². The highest BCUT2D eigenvalue weighted by Crippen LogP contribution is 2.38. The Hall–Kier alpha value is -0.570. The lowest BCUT2D eigenvalue weighted by atomic mass is 9.77. The SMILES string of the molecule is CCCC1CCC(C#N)C(n2cc(I)cn2)C1. The Labute approximate surface area is 116 Å². The summed E-state index contributed by atoms with van der Waals surface area (Å²) < 4.78 is 3.16. The molecule has 3 unspecified atom stereocenters. The number of rotatable bonds is 3. The molecule has 0 radical (unpaired) electrons. The standard InChI is InChI=1S/C13H18IN3/c1-2-3-10-4-5-11(7-15)13(6-10)17-9-12(14)8-16-17/h8-11,13H,2-6H2,1H3. The van der Waals surface area contributed by atoms with E-state index in [1.54, 1.807) is 0 Å². The van der Waals surface area contributed by atoms with Crippen LogP contribution in [0.1, 0.15) is 45.1 Å². The van der Waals surface area contributed by atoms with Crippen LogP contribution in [0.2, 0.25) is 0 Å². The fraction of sp³-hybridized carbons (Fsp3) is 0.692. The topological polar surface area (TPSA) is 41.6 Å². The minimum atomic E-state index is 0.138. The van der Waals surface area contributed by atoms with E-state index in [-0.39, 0.29) is 12.0 Å². The number of hydrogen-bond acceptors (Lipinski definition) is 2. The summed E-state index contributed by atoms with van der Waals surface area (Å²) >= 11 is 2.27. The van der Waals surface area contributed by atoms with Crippen LogP contribution in [0.25, 0.3) is 0 Å². The Balaban J connectivity index is 2.13. The van der Waals surface area contributed by atoms with Crippen LogP contribution in [0.4, 0.5) is 0 Å². The molecule has 1 fully saturated rings. The molecule has 0 spiro atoms. The van der Waals surface area contributed by atoms with Gasteiger partial charge in [0.15, 0.2) is 0 Å². The summed E-state index contributed by atoms with van der Waals surface area (Å²) in [5.41, 5.74) is 0. The van der Waals surface area contributed by atoms with Crippen molar-refractivity contribution in [1.82, 2.24) is 9.78 Å². The molecule has 1 saturated carbocycles. The van der Waals surface area contributed by atoms with Gasteiger partial charge in [0.25, 0.3) is 0 Å². The molecule has 4 heteroatoms. The molecular weight excluding hydrogens is 325 g/mol. The van der Waals surface area contributed by atoms with Gasteiger partial charge in [-0.2, -0.15) is 10.4 Å². The van der Waals surface area contributed by atoms with Crippen LogP contribution < -0.4 is 0 Å². The molecule has 0 saturated heterocycles. The molecule has 0 aromatic carbocycles. The summed E-state index contributed by atoms with van der Waals surface area (Å²) in [6.07, 6.45) is 9.81. The van der Waals surface area contributed by atoms with Gasteiger partial charge in [-0.05, 0) is 47.8 Å². The van der Waals surface area contributed by atoms with E-state index in [9.17, 15) is 5.26 Å². The molecule has 1 heterocycles. The Morgan fingerprint density at radius 1 is 1.59 bits per heavy atom. The van der Waals surface area contributed by atoms with Gasteiger partial charge in [0.05, 0.1) is 27.8 Å². The first-order chi connectivity index (χ1) is 8.24. The molecule has 0 amide bonds. The number of aromatic nitrogens is 2. The Morgan fingerprint density at radius 3 is 3.00 bits per heavy atom. The van der Waals surface area contributed by atoms with Crippen molar-refractivity contribution in [3.05, 3.63) is 16.0 Å². The van der Waals surface area contributed by atoms with Gasteiger partial charge >= 0.3 is 0 Å². The van der Waals surface area contributed by atoms with Crippen LogP contribution >= 0.6 is 22.6 Å². The number of halogens is 1. The highest BCUT2D eigenvalue weighted by Gasteiger charge is 2.31. The molecule has 2 rings (SSSR count). The molecular formula is C13H18IN3. The lowest BCUT2D eigenvalue weighted by Gasteiger charge is -2.32. The highest BCUT2D eigenvalue weighted by molar-refractivity contribution is 14.1. The minimum Gasteiger partial charge on any atom is -0.267 e. The van der Waals surface area contributed by atoms with Crippen LogP contribution in [-0.2, 0) is 0 Å².